The zero-order chi connectivity index (χ0) is 24.5. The van der Waals surface area contributed by atoms with E-state index in [2.05, 4.69) is 15.3 Å². The molecule has 0 unspecified atom stereocenters. The Bertz CT molecular complexity index is 1420. The van der Waals surface area contributed by atoms with Gasteiger partial charge in [-0.25, -0.2) is 14.4 Å². The number of amides is 1. The van der Waals surface area contributed by atoms with Crippen LogP contribution in [0.3, 0.4) is 0 Å². The molecule has 0 radical (unpaired) electrons. The van der Waals surface area contributed by atoms with Crippen LogP contribution in [-0.2, 0) is 6.42 Å². The van der Waals surface area contributed by atoms with Crippen LogP contribution < -0.4 is 15.8 Å². The maximum Gasteiger partial charge on any atom is 0.254 e. The van der Waals surface area contributed by atoms with Crippen LogP contribution in [0.5, 0.6) is 5.75 Å². The molecule has 2 aromatic carbocycles. The van der Waals surface area contributed by atoms with E-state index in [0.29, 0.717) is 42.4 Å². The summed E-state index contributed by atoms with van der Waals surface area (Å²) in [6.45, 7) is 1.85. The van der Waals surface area contributed by atoms with Crippen molar-refractivity contribution in [3.8, 4) is 17.0 Å². The summed E-state index contributed by atoms with van der Waals surface area (Å²) in [6.07, 6.45) is 6.17. The van der Waals surface area contributed by atoms with Crippen LogP contribution in [0.1, 0.15) is 22.3 Å². The van der Waals surface area contributed by atoms with Crippen molar-refractivity contribution in [3.05, 3.63) is 71.7 Å². The van der Waals surface area contributed by atoms with Gasteiger partial charge in [0.2, 0.25) is 5.82 Å². The van der Waals surface area contributed by atoms with Crippen molar-refractivity contribution < 1.29 is 18.3 Å². The van der Waals surface area contributed by atoms with E-state index in [4.69, 9.17) is 10.5 Å². The Labute approximate surface area is 200 Å². The average molecular weight is 479 g/mol. The Hall–Kier alpha value is -4.05. The summed E-state index contributed by atoms with van der Waals surface area (Å²) in [5, 5.41) is 3.24. The van der Waals surface area contributed by atoms with Gasteiger partial charge in [0.05, 0.1) is 19.0 Å². The number of benzene rings is 2. The molecule has 0 fully saturated rings. The third-order valence-electron chi connectivity index (χ3n) is 6.14. The highest BCUT2D eigenvalue weighted by atomic mass is 19.2. The molecule has 5 rings (SSSR count). The lowest BCUT2D eigenvalue weighted by molar-refractivity contribution is 0.0739. The van der Waals surface area contributed by atoms with Crippen LogP contribution in [0.4, 0.5) is 20.3 Å². The molecule has 0 saturated heterocycles. The number of nitrogens with two attached hydrogens (primary N) is 1. The van der Waals surface area contributed by atoms with Crippen molar-refractivity contribution in [3.63, 3.8) is 0 Å². The highest BCUT2D eigenvalue weighted by Gasteiger charge is 2.24. The van der Waals surface area contributed by atoms with Crippen molar-refractivity contribution in [2.75, 3.05) is 32.1 Å². The van der Waals surface area contributed by atoms with Gasteiger partial charge in [-0.1, -0.05) is 0 Å². The first kappa shape index (κ1) is 22.7. The van der Waals surface area contributed by atoms with Gasteiger partial charge < -0.3 is 20.7 Å². The number of methoxy groups -OCH3 is 1. The van der Waals surface area contributed by atoms with Gasteiger partial charge in [-0.15, -0.1) is 0 Å². The number of nitrogens with one attached hydrogen (secondary N) is 1. The highest BCUT2D eigenvalue weighted by molar-refractivity contribution is 5.97. The maximum absolute atomic E-state index is 14.7. The molecule has 1 aliphatic heterocycles. The number of imidazole rings is 1. The lowest BCUT2D eigenvalue weighted by Crippen LogP contribution is -2.38. The molecule has 0 aliphatic carbocycles. The van der Waals surface area contributed by atoms with Crippen LogP contribution in [-0.4, -0.2) is 51.9 Å². The average Bonchev–Trinajstić information content (AvgIpc) is 3.30. The predicted octanol–water partition coefficient (Wildman–Crippen LogP) is 3.77. The molecular formula is C25H24F2N6O2. The summed E-state index contributed by atoms with van der Waals surface area (Å²) >= 11 is 0. The number of halogens is 2. The molecule has 2 aromatic heterocycles. The number of ether oxygens (including phenoxy) is 1. The Balaban J connectivity index is 1.44. The fraction of sp³-hybridized carbons (Fsp3) is 0.240. The van der Waals surface area contributed by atoms with Gasteiger partial charge >= 0.3 is 0 Å². The lowest BCUT2D eigenvalue weighted by atomic mass is 9.98. The van der Waals surface area contributed by atoms with Crippen LogP contribution in [0.2, 0.25) is 0 Å². The molecule has 8 nitrogen and oxygen atoms in total. The highest BCUT2D eigenvalue weighted by Crippen LogP contribution is 2.32. The van der Waals surface area contributed by atoms with Crippen LogP contribution >= 0.6 is 0 Å². The molecule has 3 heterocycles. The van der Waals surface area contributed by atoms with E-state index >= 15 is 0 Å². The molecule has 35 heavy (non-hydrogen) atoms. The number of hydrogen-bond donors (Lipinski definition) is 2. The van der Waals surface area contributed by atoms with E-state index in [9.17, 15) is 13.6 Å². The fourth-order valence-electron chi connectivity index (χ4n) is 4.34. The first-order valence-corrected chi connectivity index (χ1v) is 11.3. The number of carbonyl (C=O) groups is 1. The Morgan fingerprint density at radius 3 is 2.77 bits per heavy atom. The summed E-state index contributed by atoms with van der Waals surface area (Å²) in [7, 11) is 1.28. The van der Waals surface area contributed by atoms with Gasteiger partial charge in [-0.3, -0.25) is 9.20 Å². The number of fused-ring (bicyclic) bond motifs is 2. The molecule has 0 bridgehead atoms. The lowest BCUT2D eigenvalue weighted by Gasteiger charge is -2.28. The molecule has 3 N–H and O–H groups in total. The summed E-state index contributed by atoms with van der Waals surface area (Å²) in [6, 6.07) is 8.38. The predicted molar refractivity (Wildman–Crippen MR) is 128 cm³/mol. The summed E-state index contributed by atoms with van der Waals surface area (Å²) < 4.78 is 35.5. The smallest absolute Gasteiger partial charge is 0.254 e. The first-order valence-electron chi connectivity index (χ1n) is 11.3. The van der Waals surface area contributed by atoms with E-state index < -0.39 is 11.6 Å². The molecule has 0 atom stereocenters. The van der Waals surface area contributed by atoms with E-state index in [0.717, 1.165) is 24.1 Å². The molecule has 4 aromatic rings. The number of hydrogen-bond acceptors (Lipinski definition) is 6. The van der Waals surface area contributed by atoms with Gasteiger partial charge in [0.25, 0.3) is 5.91 Å². The SMILES string of the molecule is COc1ccc(-c2cnc3c(Nc4ccc5c(c4)CCN(CCCN)C5=O)nccn23)c(F)c1F. The number of rotatable bonds is 7. The Morgan fingerprint density at radius 2 is 1.97 bits per heavy atom. The van der Waals surface area contributed by atoms with Crippen molar-refractivity contribution in [1.29, 1.82) is 0 Å². The standard InChI is InChI=1S/C25H24F2N6O2/c1-35-20-6-5-18(21(26)22(20)27)19-14-30-24-23(29-9-12-33(19)24)31-16-3-4-17-15(13-16)7-11-32(25(17)34)10-2-8-28/h3-6,9,12-14H,2,7-8,10-11,28H2,1H3,(H,29,31). The minimum atomic E-state index is -1.06. The largest absolute Gasteiger partial charge is 0.494 e. The summed E-state index contributed by atoms with van der Waals surface area (Å²) in [5.41, 5.74) is 8.84. The second-order valence-corrected chi connectivity index (χ2v) is 8.24. The van der Waals surface area contributed by atoms with Crippen LogP contribution in [0.15, 0.2) is 48.9 Å². The van der Waals surface area contributed by atoms with Crippen molar-refractivity contribution >= 4 is 23.1 Å². The van der Waals surface area contributed by atoms with E-state index in [1.807, 2.05) is 17.0 Å². The summed E-state index contributed by atoms with van der Waals surface area (Å²) in [5.74, 6) is -1.79. The molecule has 10 heteroatoms. The number of aromatic nitrogens is 3. The van der Waals surface area contributed by atoms with Crippen molar-refractivity contribution in [2.24, 2.45) is 5.73 Å². The Kier molecular flexibility index (Phi) is 6.04. The molecule has 1 amide bonds. The molecule has 1 aliphatic rings. The second kappa shape index (κ2) is 9.30. The topological polar surface area (TPSA) is 97.8 Å². The van der Waals surface area contributed by atoms with Crippen LogP contribution in [0, 0.1) is 11.6 Å². The minimum absolute atomic E-state index is 0.0122. The zero-order valence-corrected chi connectivity index (χ0v) is 19.1. The molecule has 0 saturated carbocycles. The molecule has 180 valence electrons. The van der Waals surface area contributed by atoms with Crippen LogP contribution in [0.25, 0.3) is 16.9 Å². The first-order chi connectivity index (χ1) is 17.0. The van der Waals surface area contributed by atoms with E-state index in [1.165, 1.54) is 25.4 Å². The molecular weight excluding hydrogens is 454 g/mol. The third kappa shape index (κ3) is 4.06. The number of carbonyl (C=O) groups excluding carboxylic acids is 1. The van der Waals surface area contributed by atoms with Gasteiger partial charge in [0, 0.05) is 42.3 Å². The van der Waals surface area contributed by atoms with Crippen molar-refractivity contribution in [1.82, 2.24) is 19.3 Å². The van der Waals surface area contributed by atoms with E-state index in [-0.39, 0.29) is 17.2 Å². The number of nitrogens with zero attached hydrogens (tertiary/aromatic N) is 4. The van der Waals surface area contributed by atoms with Gasteiger partial charge in [0.1, 0.15) is 0 Å². The fourth-order valence-corrected chi connectivity index (χ4v) is 4.34. The van der Waals surface area contributed by atoms with Gasteiger partial charge in [-0.05, 0) is 55.3 Å². The second-order valence-electron chi connectivity index (χ2n) is 8.24. The molecule has 0 spiro atoms. The summed E-state index contributed by atoms with van der Waals surface area (Å²) in [4.78, 5) is 23.4. The zero-order valence-electron chi connectivity index (χ0n) is 19.1. The Morgan fingerprint density at radius 1 is 1.14 bits per heavy atom. The van der Waals surface area contributed by atoms with E-state index in [1.54, 1.807) is 22.9 Å². The minimum Gasteiger partial charge on any atom is -0.494 e. The van der Waals surface area contributed by atoms with Crippen molar-refractivity contribution in [2.45, 2.75) is 12.8 Å². The quantitative estimate of drug-likeness (QED) is 0.420. The number of anilines is 2. The normalized spacial score (nSPS) is 13.3. The monoisotopic (exact) mass is 478 g/mol. The van der Waals surface area contributed by atoms with Gasteiger partial charge in [0.15, 0.2) is 23.0 Å². The van der Waals surface area contributed by atoms with Gasteiger partial charge in [-0.2, -0.15) is 4.39 Å². The maximum atomic E-state index is 14.7. The third-order valence-corrected chi connectivity index (χ3v) is 6.14.